The Morgan fingerprint density at radius 3 is 2.27 bits per heavy atom. The first kappa shape index (κ1) is 33.7. The van der Waals surface area contributed by atoms with Gasteiger partial charge in [-0.05, 0) is 42.5 Å². The van der Waals surface area contributed by atoms with E-state index in [1.807, 2.05) is 26.0 Å². The van der Waals surface area contributed by atoms with Crippen molar-refractivity contribution in [3.63, 3.8) is 0 Å². The SMILES string of the molecule is CCCCCN(Cc1ccc(OCc2ccccc2C(=O)O)cc1)C(=O)C(CC(=O)O)NC(=O)C(CS)CC(C)C. The Kier molecular flexibility index (Phi) is 14.2. The lowest BCUT2D eigenvalue weighted by Crippen LogP contribution is -2.51. The molecular weight excluding hydrogens is 544 g/mol. The molecule has 0 aliphatic heterocycles. The van der Waals surface area contributed by atoms with Gasteiger partial charge in [-0.1, -0.05) is 63.9 Å². The third-order valence-electron chi connectivity index (χ3n) is 6.62. The molecule has 2 unspecified atom stereocenters. The number of nitrogens with one attached hydrogen (secondary N) is 1. The smallest absolute Gasteiger partial charge is 0.336 e. The first-order chi connectivity index (χ1) is 19.5. The Balaban J connectivity index is 2.16. The molecule has 10 heteroatoms. The quantitative estimate of drug-likeness (QED) is 0.142. The summed E-state index contributed by atoms with van der Waals surface area (Å²) in [5, 5.41) is 21.6. The van der Waals surface area contributed by atoms with Gasteiger partial charge in [-0.25, -0.2) is 4.79 Å². The summed E-state index contributed by atoms with van der Waals surface area (Å²) in [6.45, 7) is 6.78. The number of carboxylic acids is 2. The van der Waals surface area contributed by atoms with Crippen LogP contribution >= 0.6 is 12.6 Å². The zero-order valence-corrected chi connectivity index (χ0v) is 24.9. The fourth-order valence-electron chi connectivity index (χ4n) is 4.47. The van der Waals surface area contributed by atoms with Crippen LogP contribution in [0.1, 0.15) is 74.4 Å². The number of ether oxygens (including phenoxy) is 1. The van der Waals surface area contributed by atoms with Crippen molar-refractivity contribution < 1.29 is 34.1 Å². The lowest BCUT2D eigenvalue weighted by atomic mass is 9.97. The molecule has 2 aromatic carbocycles. The van der Waals surface area contributed by atoms with Gasteiger partial charge in [0, 0.05) is 30.3 Å². The van der Waals surface area contributed by atoms with Gasteiger partial charge in [-0.2, -0.15) is 12.6 Å². The molecule has 41 heavy (non-hydrogen) atoms. The standard InChI is InChI=1S/C31H42N2O7S/c1-4-5-8-15-33(30(37)27(17-28(34)35)32-29(36)24(20-41)16-21(2)3)18-22-11-13-25(14-12-22)40-19-23-9-6-7-10-26(23)31(38)39/h6-7,9-14,21,24,27,41H,4-5,8,15-20H2,1-3H3,(H,32,36)(H,34,35)(H,38,39). The summed E-state index contributed by atoms with van der Waals surface area (Å²) in [5.74, 6) is -2.34. The van der Waals surface area contributed by atoms with Gasteiger partial charge >= 0.3 is 11.9 Å². The maximum Gasteiger partial charge on any atom is 0.336 e. The largest absolute Gasteiger partial charge is 0.489 e. The van der Waals surface area contributed by atoms with Crippen molar-refractivity contribution >= 4 is 36.4 Å². The molecule has 0 saturated carbocycles. The molecule has 2 amide bonds. The van der Waals surface area contributed by atoms with Crippen molar-refractivity contribution in [3.8, 4) is 5.75 Å². The van der Waals surface area contributed by atoms with Crippen molar-refractivity contribution in [1.29, 1.82) is 0 Å². The van der Waals surface area contributed by atoms with E-state index in [2.05, 4.69) is 24.9 Å². The number of aliphatic carboxylic acids is 1. The minimum Gasteiger partial charge on any atom is -0.489 e. The van der Waals surface area contributed by atoms with Crippen molar-refractivity contribution in [2.45, 2.75) is 72.1 Å². The van der Waals surface area contributed by atoms with E-state index >= 15 is 0 Å². The number of rotatable bonds is 18. The summed E-state index contributed by atoms with van der Waals surface area (Å²) < 4.78 is 5.79. The Bertz CT molecular complexity index is 1150. The summed E-state index contributed by atoms with van der Waals surface area (Å²) in [7, 11) is 0. The van der Waals surface area contributed by atoms with Crippen LogP contribution in [0.4, 0.5) is 0 Å². The maximum atomic E-state index is 13.6. The molecule has 0 spiro atoms. The van der Waals surface area contributed by atoms with Gasteiger partial charge in [0.15, 0.2) is 0 Å². The number of thiol groups is 1. The van der Waals surface area contributed by atoms with E-state index in [4.69, 9.17) is 4.74 Å². The zero-order valence-electron chi connectivity index (χ0n) is 24.0. The van der Waals surface area contributed by atoms with E-state index in [0.29, 0.717) is 30.0 Å². The van der Waals surface area contributed by atoms with E-state index in [-0.39, 0.29) is 30.5 Å². The lowest BCUT2D eigenvalue weighted by molar-refractivity contribution is -0.144. The van der Waals surface area contributed by atoms with E-state index in [0.717, 1.165) is 24.8 Å². The molecule has 0 saturated heterocycles. The molecular formula is C31H42N2O7S. The Morgan fingerprint density at radius 1 is 1.00 bits per heavy atom. The highest BCUT2D eigenvalue weighted by Crippen LogP contribution is 2.19. The van der Waals surface area contributed by atoms with Crippen LogP contribution in [0, 0.1) is 11.8 Å². The number of carbonyl (C=O) groups excluding carboxylic acids is 2. The summed E-state index contributed by atoms with van der Waals surface area (Å²) in [6.07, 6.45) is 2.67. The van der Waals surface area contributed by atoms with Crippen LogP contribution in [-0.2, 0) is 27.5 Å². The van der Waals surface area contributed by atoms with Crippen LogP contribution in [0.5, 0.6) is 5.75 Å². The van der Waals surface area contributed by atoms with E-state index in [9.17, 15) is 29.4 Å². The highest BCUT2D eigenvalue weighted by atomic mass is 32.1. The number of hydrogen-bond donors (Lipinski definition) is 4. The monoisotopic (exact) mass is 586 g/mol. The molecule has 0 fully saturated rings. The van der Waals surface area contributed by atoms with Crippen molar-refractivity contribution in [1.82, 2.24) is 10.2 Å². The molecule has 0 heterocycles. The first-order valence-corrected chi connectivity index (χ1v) is 14.6. The highest BCUT2D eigenvalue weighted by molar-refractivity contribution is 7.80. The average Bonchev–Trinajstić information content (AvgIpc) is 2.94. The van der Waals surface area contributed by atoms with Crippen LogP contribution in [0.3, 0.4) is 0 Å². The molecule has 224 valence electrons. The molecule has 2 aromatic rings. The molecule has 2 atom stereocenters. The fraction of sp³-hybridized carbons (Fsp3) is 0.484. The summed E-state index contributed by atoms with van der Waals surface area (Å²) >= 11 is 4.29. The predicted molar refractivity (Wildman–Crippen MR) is 160 cm³/mol. The Hall–Kier alpha value is -3.53. The molecule has 2 rings (SSSR count). The topological polar surface area (TPSA) is 133 Å². The van der Waals surface area contributed by atoms with Gasteiger partial charge in [0.1, 0.15) is 18.4 Å². The molecule has 0 radical (unpaired) electrons. The number of hydrogen-bond acceptors (Lipinski definition) is 6. The van der Waals surface area contributed by atoms with Crippen LogP contribution < -0.4 is 10.1 Å². The van der Waals surface area contributed by atoms with Crippen LogP contribution in [-0.4, -0.2) is 57.2 Å². The first-order valence-electron chi connectivity index (χ1n) is 14.0. The normalized spacial score (nSPS) is 12.4. The second-order valence-electron chi connectivity index (χ2n) is 10.5. The van der Waals surface area contributed by atoms with Crippen molar-refractivity contribution in [3.05, 3.63) is 65.2 Å². The zero-order chi connectivity index (χ0) is 30.4. The van der Waals surface area contributed by atoms with Gasteiger partial charge < -0.3 is 25.2 Å². The number of aromatic carboxylic acids is 1. The van der Waals surface area contributed by atoms with Gasteiger partial charge in [-0.15, -0.1) is 0 Å². The van der Waals surface area contributed by atoms with Gasteiger partial charge in [0.25, 0.3) is 0 Å². The molecule has 0 aliphatic rings. The Morgan fingerprint density at radius 2 is 1.68 bits per heavy atom. The minimum atomic E-state index is -1.19. The fourth-order valence-corrected chi connectivity index (χ4v) is 4.78. The second-order valence-corrected chi connectivity index (χ2v) is 10.9. The summed E-state index contributed by atoms with van der Waals surface area (Å²) in [6, 6.07) is 12.6. The number of benzene rings is 2. The number of carbonyl (C=O) groups is 4. The summed E-state index contributed by atoms with van der Waals surface area (Å²) in [4.78, 5) is 51.2. The van der Waals surface area contributed by atoms with Gasteiger partial charge in [0.05, 0.1) is 12.0 Å². The number of carboxylic acid groups (broad SMARTS) is 2. The van der Waals surface area contributed by atoms with Crippen molar-refractivity contribution in [2.24, 2.45) is 11.8 Å². The molecule has 3 N–H and O–H groups in total. The third kappa shape index (κ3) is 11.5. The predicted octanol–water partition coefficient (Wildman–Crippen LogP) is 5.03. The van der Waals surface area contributed by atoms with Gasteiger partial charge in [0.2, 0.25) is 11.8 Å². The number of unbranched alkanes of at least 4 members (excludes halogenated alkanes) is 2. The molecule has 0 aromatic heterocycles. The molecule has 0 aliphatic carbocycles. The maximum absolute atomic E-state index is 13.6. The minimum absolute atomic E-state index is 0.0874. The van der Waals surface area contributed by atoms with Crippen LogP contribution in [0.25, 0.3) is 0 Å². The second kappa shape index (κ2) is 17.3. The number of amides is 2. The van der Waals surface area contributed by atoms with E-state index in [1.54, 1.807) is 35.2 Å². The highest BCUT2D eigenvalue weighted by Gasteiger charge is 2.30. The van der Waals surface area contributed by atoms with Gasteiger partial charge in [-0.3, -0.25) is 14.4 Å². The number of nitrogens with zero attached hydrogens (tertiary/aromatic N) is 1. The molecule has 0 bridgehead atoms. The van der Waals surface area contributed by atoms with Crippen LogP contribution in [0.15, 0.2) is 48.5 Å². The summed E-state index contributed by atoms with van der Waals surface area (Å²) in [5.41, 5.74) is 1.54. The average molecular weight is 587 g/mol. The van der Waals surface area contributed by atoms with Crippen molar-refractivity contribution in [2.75, 3.05) is 12.3 Å². The third-order valence-corrected chi connectivity index (χ3v) is 7.06. The lowest BCUT2D eigenvalue weighted by Gasteiger charge is -2.29. The van der Waals surface area contributed by atoms with E-state index in [1.165, 1.54) is 6.07 Å². The van der Waals surface area contributed by atoms with Crippen LogP contribution in [0.2, 0.25) is 0 Å². The molecule has 9 nitrogen and oxygen atoms in total. The van der Waals surface area contributed by atoms with E-state index < -0.39 is 36.2 Å². The Labute approximate surface area is 247 Å².